The van der Waals surface area contributed by atoms with Crippen LogP contribution in [-0.4, -0.2) is 11.1 Å². The van der Waals surface area contributed by atoms with Crippen molar-refractivity contribution in [2.24, 2.45) is 5.92 Å². The Bertz CT molecular complexity index is 275. The van der Waals surface area contributed by atoms with E-state index in [0.717, 1.165) is 11.5 Å². The quantitative estimate of drug-likeness (QED) is 0.749. The minimum Gasteiger partial charge on any atom is -0.481 e. The van der Waals surface area contributed by atoms with Crippen LogP contribution >= 0.6 is 0 Å². The van der Waals surface area contributed by atoms with Gasteiger partial charge in [0, 0.05) is 6.42 Å². The monoisotopic (exact) mass is 168 g/mol. The lowest BCUT2D eigenvalue weighted by molar-refractivity contribution is -0.141. The number of hydrogen-bond donors (Lipinski definition) is 1. The van der Waals surface area contributed by atoms with Crippen molar-refractivity contribution in [3.63, 3.8) is 0 Å². The Morgan fingerprint density at radius 2 is 2.33 bits per heavy atom. The zero-order valence-corrected chi connectivity index (χ0v) is 7.20. The highest BCUT2D eigenvalue weighted by Crippen LogP contribution is 2.11. The zero-order chi connectivity index (χ0) is 9.14. The molecule has 1 rings (SSSR count). The molecule has 0 saturated carbocycles. The van der Waals surface area contributed by atoms with Crippen LogP contribution in [-0.2, 0) is 11.2 Å². The largest absolute Gasteiger partial charge is 0.481 e. The predicted molar refractivity (Wildman–Crippen MR) is 43.9 cm³/mol. The van der Waals surface area contributed by atoms with Gasteiger partial charge >= 0.3 is 5.97 Å². The highest BCUT2D eigenvalue weighted by molar-refractivity contribution is 5.69. The summed E-state index contributed by atoms with van der Waals surface area (Å²) in [4.78, 5) is 10.5. The maximum atomic E-state index is 10.5. The second-order valence-electron chi connectivity index (χ2n) is 2.96. The Morgan fingerprint density at radius 1 is 1.67 bits per heavy atom. The van der Waals surface area contributed by atoms with Gasteiger partial charge in [-0.15, -0.1) is 0 Å². The number of aryl methyl sites for hydroxylation is 1. The fraction of sp³-hybridized carbons (Fsp3) is 0.444. The SMILES string of the molecule is Cc1ccc(CC(C)C(=O)O)o1. The topological polar surface area (TPSA) is 50.4 Å². The summed E-state index contributed by atoms with van der Waals surface area (Å²) in [5, 5.41) is 8.61. The second kappa shape index (κ2) is 3.43. The first-order valence-corrected chi connectivity index (χ1v) is 3.87. The van der Waals surface area contributed by atoms with E-state index >= 15 is 0 Å². The molecular weight excluding hydrogens is 156 g/mol. The highest BCUT2D eigenvalue weighted by atomic mass is 16.4. The molecule has 0 amide bonds. The van der Waals surface area contributed by atoms with E-state index in [1.54, 1.807) is 6.92 Å². The van der Waals surface area contributed by atoms with Crippen molar-refractivity contribution < 1.29 is 14.3 Å². The average Bonchev–Trinajstić information content (AvgIpc) is 2.35. The lowest BCUT2D eigenvalue weighted by Gasteiger charge is -2.01. The Kier molecular flexibility index (Phi) is 2.53. The van der Waals surface area contributed by atoms with Crippen LogP contribution in [0.5, 0.6) is 0 Å². The molecular formula is C9H12O3. The third kappa shape index (κ3) is 2.12. The Balaban J connectivity index is 2.58. The first-order chi connectivity index (χ1) is 5.59. The number of carbonyl (C=O) groups is 1. The minimum atomic E-state index is -0.788. The Labute approximate surface area is 71.0 Å². The van der Waals surface area contributed by atoms with Crippen molar-refractivity contribution in [3.8, 4) is 0 Å². The maximum absolute atomic E-state index is 10.5. The van der Waals surface area contributed by atoms with E-state index in [-0.39, 0.29) is 5.92 Å². The van der Waals surface area contributed by atoms with Gasteiger partial charge in [-0.2, -0.15) is 0 Å². The summed E-state index contributed by atoms with van der Waals surface area (Å²) in [6.45, 7) is 3.51. The first-order valence-electron chi connectivity index (χ1n) is 3.87. The third-order valence-electron chi connectivity index (χ3n) is 1.72. The molecule has 0 radical (unpaired) electrons. The third-order valence-corrected chi connectivity index (χ3v) is 1.72. The fourth-order valence-electron chi connectivity index (χ4n) is 0.984. The molecule has 1 aromatic rings. The molecule has 12 heavy (non-hydrogen) atoms. The fourth-order valence-corrected chi connectivity index (χ4v) is 0.984. The smallest absolute Gasteiger partial charge is 0.306 e. The molecule has 1 unspecified atom stereocenters. The van der Waals surface area contributed by atoms with Crippen LogP contribution in [0.25, 0.3) is 0 Å². The van der Waals surface area contributed by atoms with Crippen molar-refractivity contribution in [1.29, 1.82) is 0 Å². The molecule has 1 N–H and O–H groups in total. The molecule has 0 fully saturated rings. The summed E-state index contributed by atoms with van der Waals surface area (Å²) >= 11 is 0. The number of rotatable bonds is 3. The van der Waals surface area contributed by atoms with Gasteiger partial charge in [-0.05, 0) is 19.1 Å². The van der Waals surface area contributed by atoms with Gasteiger partial charge < -0.3 is 9.52 Å². The van der Waals surface area contributed by atoms with Crippen molar-refractivity contribution in [2.45, 2.75) is 20.3 Å². The van der Waals surface area contributed by atoms with Crippen molar-refractivity contribution in [1.82, 2.24) is 0 Å². The van der Waals surface area contributed by atoms with Crippen molar-refractivity contribution >= 4 is 5.97 Å². The normalized spacial score (nSPS) is 12.8. The second-order valence-corrected chi connectivity index (χ2v) is 2.96. The van der Waals surface area contributed by atoms with Crippen LogP contribution in [0, 0.1) is 12.8 Å². The van der Waals surface area contributed by atoms with E-state index in [2.05, 4.69) is 0 Å². The van der Waals surface area contributed by atoms with Crippen LogP contribution < -0.4 is 0 Å². The lowest BCUT2D eigenvalue weighted by Crippen LogP contribution is -2.11. The lowest BCUT2D eigenvalue weighted by atomic mass is 10.1. The molecule has 0 aliphatic rings. The van der Waals surface area contributed by atoms with Gasteiger partial charge in [0.2, 0.25) is 0 Å². The van der Waals surface area contributed by atoms with Crippen LogP contribution in [0.1, 0.15) is 18.4 Å². The van der Waals surface area contributed by atoms with Crippen LogP contribution in [0.15, 0.2) is 16.5 Å². The summed E-state index contributed by atoms with van der Waals surface area (Å²) in [5.41, 5.74) is 0. The number of hydrogen-bond acceptors (Lipinski definition) is 2. The minimum absolute atomic E-state index is 0.379. The summed E-state index contributed by atoms with van der Waals surface area (Å²) in [5.74, 6) is 0.393. The molecule has 1 heterocycles. The molecule has 0 saturated heterocycles. The van der Waals surface area contributed by atoms with Crippen LogP contribution in [0.2, 0.25) is 0 Å². The van der Waals surface area contributed by atoms with E-state index in [1.165, 1.54) is 0 Å². The molecule has 0 aromatic carbocycles. The summed E-state index contributed by atoms with van der Waals surface area (Å²) in [7, 11) is 0. The molecule has 66 valence electrons. The Hall–Kier alpha value is -1.25. The highest BCUT2D eigenvalue weighted by Gasteiger charge is 2.13. The summed E-state index contributed by atoms with van der Waals surface area (Å²) < 4.78 is 5.24. The first kappa shape index (κ1) is 8.84. The Morgan fingerprint density at radius 3 is 2.75 bits per heavy atom. The van der Waals surface area contributed by atoms with E-state index in [0.29, 0.717) is 6.42 Å². The number of furan rings is 1. The molecule has 1 aromatic heterocycles. The van der Waals surface area contributed by atoms with Gasteiger partial charge in [0.1, 0.15) is 11.5 Å². The molecule has 0 bridgehead atoms. The van der Waals surface area contributed by atoms with Crippen LogP contribution in [0.4, 0.5) is 0 Å². The van der Waals surface area contributed by atoms with Gasteiger partial charge in [-0.1, -0.05) is 6.92 Å². The van der Waals surface area contributed by atoms with Crippen molar-refractivity contribution in [2.75, 3.05) is 0 Å². The van der Waals surface area contributed by atoms with Gasteiger partial charge in [0.05, 0.1) is 5.92 Å². The van der Waals surface area contributed by atoms with E-state index in [4.69, 9.17) is 9.52 Å². The number of carboxylic acids is 1. The van der Waals surface area contributed by atoms with Gasteiger partial charge in [0.15, 0.2) is 0 Å². The number of carboxylic acid groups (broad SMARTS) is 1. The maximum Gasteiger partial charge on any atom is 0.306 e. The molecule has 0 aliphatic carbocycles. The molecule has 1 atom stereocenters. The van der Waals surface area contributed by atoms with E-state index in [9.17, 15) is 4.79 Å². The summed E-state index contributed by atoms with van der Waals surface area (Å²) in [6, 6.07) is 3.65. The zero-order valence-electron chi connectivity index (χ0n) is 7.20. The summed E-state index contributed by atoms with van der Waals surface area (Å²) in [6.07, 6.45) is 0.461. The predicted octanol–water partition coefficient (Wildman–Crippen LogP) is 1.85. The van der Waals surface area contributed by atoms with Gasteiger partial charge in [0.25, 0.3) is 0 Å². The molecule has 3 heteroatoms. The van der Waals surface area contributed by atoms with Gasteiger partial charge in [-0.25, -0.2) is 0 Å². The van der Waals surface area contributed by atoms with E-state index < -0.39 is 5.97 Å². The van der Waals surface area contributed by atoms with Gasteiger partial charge in [-0.3, -0.25) is 4.79 Å². The standard InChI is InChI=1S/C9H12O3/c1-6(9(10)11)5-8-4-3-7(2)12-8/h3-4,6H,5H2,1-2H3,(H,10,11). The van der Waals surface area contributed by atoms with E-state index in [1.807, 2.05) is 19.1 Å². The molecule has 0 spiro atoms. The van der Waals surface area contributed by atoms with Crippen molar-refractivity contribution in [3.05, 3.63) is 23.7 Å². The molecule has 0 aliphatic heterocycles. The number of aliphatic carboxylic acids is 1. The molecule has 3 nitrogen and oxygen atoms in total. The average molecular weight is 168 g/mol. The van der Waals surface area contributed by atoms with Crippen LogP contribution in [0.3, 0.4) is 0 Å².